The lowest BCUT2D eigenvalue weighted by molar-refractivity contribution is -0.140. The van der Waals surface area contributed by atoms with Gasteiger partial charge in [-0.2, -0.15) is 15.0 Å². The van der Waals surface area contributed by atoms with Gasteiger partial charge in [0, 0.05) is 18.9 Å². The Bertz CT molecular complexity index is 571. The van der Waals surface area contributed by atoms with E-state index in [-0.39, 0.29) is 18.3 Å². The van der Waals surface area contributed by atoms with Crippen molar-refractivity contribution >= 4 is 17.9 Å². The number of imidazole rings is 1. The van der Waals surface area contributed by atoms with Crippen molar-refractivity contribution in [1.29, 1.82) is 0 Å². The topological polar surface area (TPSA) is 133 Å². The standard InChI is InChI=1S/C10H14N8O2/c1-20-7(19)2-3-13-8-14-9(17-11)16-10(15-8)18-5-4-12-6-18/h4-6H,2-3,11H2,1H3,(H2,13,14,15,16,17). The number of nitrogens with one attached hydrogen (secondary N) is 2. The Kier molecular flexibility index (Phi) is 4.39. The molecule has 0 aliphatic rings. The van der Waals surface area contributed by atoms with Crippen LogP contribution in [-0.2, 0) is 9.53 Å². The fraction of sp³-hybridized carbons (Fsp3) is 0.300. The summed E-state index contributed by atoms with van der Waals surface area (Å²) in [6.45, 7) is 0.337. The van der Waals surface area contributed by atoms with E-state index in [1.807, 2.05) is 0 Å². The van der Waals surface area contributed by atoms with Gasteiger partial charge in [-0.15, -0.1) is 0 Å². The fourth-order valence-electron chi connectivity index (χ4n) is 1.38. The number of hydrogen-bond acceptors (Lipinski definition) is 9. The highest BCUT2D eigenvalue weighted by molar-refractivity contribution is 5.69. The molecular weight excluding hydrogens is 264 g/mol. The zero-order chi connectivity index (χ0) is 14.4. The highest BCUT2D eigenvalue weighted by atomic mass is 16.5. The SMILES string of the molecule is COC(=O)CCNc1nc(NN)nc(-n2ccnc2)n1. The number of nitrogens with two attached hydrogens (primary N) is 1. The maximum Gasteiger partial charge on any atom is 0.307 e. The summed E-state index contributed by atoms with van der Waals surface area (Å²) < 4.78 is 6.14. The normalized spacial score (nSPS) is 10.1. The Morgan fingerprint density at radius 3 is 2.85 bits per heavy atom. The minimum absolute atomic E-state index is 0.198. The predicted octanol–water partition coefficient (Wildman–Crippen LogP) is -0.682. The Morgan fingerprint density at radius 2 is 2.20 bits per heavy atom. The van der Waals surface area contributed by atoms with Gasteiger partial charge in [0.25, 0.3) is 0 Å². The summed E-state index contributed by atoms with van der Waals surface area (Å²) in [7, 11) is 1.33. The molecule has 0 aliphatic carbocycles. The van der Waals surface area contributed by atoms with Crippen molar-refractivity contribution in [2.24, 2.45) is 5.84 Å². The summed E-state index contributed by atoms with van der Waals surface area (Å²) >= 11 is 0. The minimum atomic E-state index is -0.321. The lowest BCUT2D eigenvalue weighted by atomic mass is 10.4. The van der Waals surface area contributed by atoms with E-state index in [1.165, 1.54) is 7.11 Å². The van der Waals surface area contributed by atoms with Gasteiger partial charge in [-0.1, -0.05) is 0 Å². The van der Waals surface area contributed by atoms with E-state index >= 15 is 0 Å². The first-order valence-corrected chi connectivity index (χ1v) is 5.74. The van der Waals surface area contributed by atoms with Gasteiger partial charge in [0.15, 0.2) is 0 Å². The molecule has 0 unspecified atom stereocenters. The lowest BCUT2D eigenvalue weighted by Gasteiger charge is -2.08. The van der Waals surface area contributed by atoms with Crippen LogP contribution in [0.5, 0.6) is 0 Å². The highest BCUT2D eigenvalue weighted by Crippen LogP contribution is 2.08. The first-order valence-electron chi connectivity index (χ1n) is 5.74. The van der Waals surface area contributed by atoms with Gasteiger partial charge in [-0.25, -0.2) is 10.8 Å². The Balaban J connectivity index is 2.12. The molecule has 0 bridgehead atoms. The monoisotopic (exact) mass is 278 g/mol. The summed E-state index contributed by atoms with van der Waals surface area (Å²) in [6.07, 6.45) is 5.04. The Labute approximate surface area is 114 Å². The number of rotatable bonds is 6. The van der Waals surface area contributed by atoms with Crippen LogP contribution in [0.25, 0.3) is 5.95 Å². The number of ether oxygens (including phenoxy) is 1. The molecule has 0 aliphatic heterocycles. The van der Waals surface area contributed by atoms with Crippen molar-refractivity contribution < 1.29 is 9.53 Å². The lowest BCUT2D eigenvalue weighted by Crippen LogP contribution is -2.17. The summed E-state index contributed by atoms with van der Waals surface area (Å²) in [6, 6.07) is 0. The number of anilines is 2. The van der Waals surface area contributed by atoms with Gasteiger partial charge in [-0.3, -0.25) is 14.8 Å². The van der Waals surface area contributed by atoms with Crippen LogP contribution in [0.2, 0.25) is 0 Å². The number of hydrogen-bond donors (Lipinski definition) is 3. The fourth-order valence-corrected chi connectivity index (χ4v) is 1.38. The summed E-state index contributed by atoms with van der Waals surface area (Å²) in [5.74, 6) is 5.83. The van der Waals surface area contributed by atoms with E-state index in [9.17, 15) is 4.79 Å². The molecule has 106 valence electrons. The maximum absolute atomic E-state index is 11.0. The second-order valence-electron chi connectivity index (χ2n) is 3.65. The van der Waals surface area contributed by atoms with Crippen LogP contribution in [0.1, 0.15) is 6.42 Å². The molecule has 2 aromatic heterocycles. The van der Waals surface area contributed by atoms with Crippen molar-refractivity contribution in [2.75, 3.05) is 24.4 Å². The average Bonchev–Trinajstić information content (AvgIpc) is 3.01. The van der Waals surface area contributed by atoms with Crippen LogP contribution in [0, 0.1) is 0 Å². The maximum atomic E-state index is 11.0. The third-order valence-electron chi connectivity index (χ3n) is 2.33. The van der Waals surface area contributed by atoms with E-state index in [0.717, 1.165) is 0 Å². The second-order valence-corrected chi connectivity index (χ2v) is 3.65. The third kappa shape index (κ3) is 3.38. The number of aromatic nitrogens is 5. The van der Waals surface area contributed by atoms with Gasteiger partial charge in [0.05, 0.1) is 13.5 Å². The minimum Gasteiger partial charge on any atom is -0.469 e. The molecule has 10 nitrogen and oxygen atoms in total. The zero-order valence-corrected chi connectivity index (χ0v) is 10.8. The van der Waals surface area contributed by atoms with Crippen molar-refractivity contribution in [1.82, 2.24) is 24.5 Å². The van der Waals surface area contributed by atoms with E-state index in [4.69, 9.17) is 5.84 Å². The first-order chi connectivity index (χ1) is 9.72. The van der Waals surface area contributed by atoms with Gasteiger partial charge < -0.3 is 10.1 Å². The predicted molar refractivity (Wildman–Crippen MR) is 69.9 cm³/mol. The molecule has 0 atom stereocenters. The van der Waals surface area contributed by atoms with Crippen LogP contribution < -0.4 is 16.6 Å². The summed E-state index contributed by atoms with van der Waals surface area (Å²) in [5, 5.41) is 2.89. The number of carbonyl (C=O) groups excluding carboxylic acids is 1. The average molecular weight is 278 g/mol. The molecule has 2 rings (SSSR count). The second kappa shape index (κ2) is 6.43. The first kappa shape index (κ1) is 13.7. The van der Waals surface area contributed by atoms with Crippen LogP contribution in [0.3, 0.4) is 0 Å². The van der Waals surface area contributed by atoms with Crippen LogP contribution >= 0.6 is 0 Å². The molecule has 0 fully saturated rings. The molecule has 0 spiro atoms. The molecule has 4 N–H and O–H groups in total. The van der Waals surface area contributed by atoms with E-state index in [1.54, 1.807) is 23.3 Å². The number of nitrogen functional groups attached to an aromatic ring is 1. The number of nitrogens with zero attached hydrogens (tertiary/aromatic N) is 5. The van der Waals surface area contributed by atoms with Crippen molar-refractivity contribution in [3.63, 3.8) is 0 Å². The molecule has 0 saturated carbocycles. The van der Waals surface area contributed by atoms with Crippen LogP contribution in [0.4, 0.5) is 11.9 Å². The third-order valence-corrected chi connectivity index (χ3v) is 2.33. The van der Waals surface area contributed by atoms with Crippen LogP contribution in [0.15, 0.2) is 18.7 Å². The zero-order valence-electron chi connectivity index (χ0n) is 10.8. The Hall–Kier alpha value is -2.75. The van der Waals surface area contributed by atoms with Crippen molar-refractivity contribution in [2.45, 2.75) is 6.42 Å². The molecule has 2 heterocycles. The highest BCUT2D eigenvalue weighted by Gasteiger charge is 2.08. The van der Waals surface area contributed by atoms with Gasteiger partial charge in [-0.05, 0) is 0 Å². The molecule has 10 heteroatoms. The number of hydrazine groups is 1. The molecule has 0 radical (unpaired) electrons. The van der Waals surface area contributed by atoms with Gasteiger partial charge in [0.2, 0.25) is 17.8 Å². The van der Waals surface area contributed by atoms with E-state index in [2.05, 4.69) is 35.4 Å². The molecule has 0 saturated heterocycles. The summed E-state index contributed by atoms with van der Waals surface area (Å²) in [4.78, 5) is 27.2. The number of methoxy groups -OCH3 is 1. The molecule has 2 aromatic rings. The molecule has 0 amide bonds. The van der Waals surface area contributed by atoms with Crippen molar-refractivity contribution in [3.8, 4) is 5.95 Å². The van der Waals surface area contributed by atoms with Crippen molar-refractivity contribution in [3.05, 3.63) is 18.7 Å². The molecule has 20 heavy (non-hydrogen) atoms. The largest absolute Gasteiger partial charge is 0.469 e. The Morgan fingerprint density at radius 1 is 1.40 bits per heavy atom. The van der Waals surface area contributed by atoms with Crippen LogP contribution in [-0.4, -0.2) is 44.1 Å². The van der Waals surface area contributed by atoms with Gasteiger partial charge in [0.1, 0.15) is 6.33 Å². The molecular formula is C10H14N8O2. The smallest absolute Gasteiger partial charge is 0.307 e. The number of carbonyl (C=O) groups is 1. The quantitative estimate of drug-likeness (QED) is 0.357. The van der Waals surface area contributed by atoms with Gasteiger partial charge >= 0.3 is 5.97 Å². The van der Waals surface area contributed by atoms with E-state index < -0.39 is 0 Å². The summed E-state index contributed by atoms with van der Waals surface area (Å²) in [5.41, 5.74) is 2.35. The van der Waals surface area contributed by atoms with E-state index in [0.29, 0.717) is 18.4 Å². The number of esters is 1. The molecule has 0 aromatic carbocycles.